The first-order chi connectivity index (χ1) is 12.2. The number of amides is 3. The number of nitrogens with zero attached hydrogens (tertiary/aromatic N) is 6. The molecule has 0 spiro atoms. The highest BCUT2D eigenvalue weighted by Gasteiger charge is 2.38. The third-order valence-corrected chi connectivity index (χ3v) is 4.13. The van der Waals surface area contributed by atoms with Crippen molar-refractivity contribution >= 4 is 12.1 Å². The Labute approximate surface area is 142 Å². The van der Waals surface area contributed by atoms with Crippen molar-refractivity contribution in [3.63, 3.8) is 0 Å². The number of nitrogens with one attached hydrogen (secondary N) is 2. The highest BCUT2D eigenvalue weighted by molar-refractivity contribution is 5.75. The van der Waals surface area contributed by atoms with E-state index >= 15 is 0 Å². The molecule has 11 nitrogen and oxygen atoms in total. The highest BCUT2D eigenvalue weighted by Crippen LogP contribution is 2.17. The molecule has 2 N–H and O–H groups in total. The van der Waals surface area contributed by atoms with E-state index in [1.165, 1.54) is 0 Å². The fraction of sp³-hybridized carbons (Fsp3) is 0.429. The van der Waals surface area contributed by atoms with Gasteiger partial charge >= 0.3 is 12.1 Å². The highest BCUT2D eigenvalue weighted by atomic mass is 16.6. The molecule has 11 heteroatoms. The van der Waals surface area contributed by atoms with Crippen LogP contribution in [0.15, 0.2) is 18.6 Å². The molecular weight excluding hydrogens is 328 g/mol. The van der Waals surface area contributed by atoms with Gasteiger partial charge in [0.1, 0.15) is 18.1 Å². The molecule has 0 saturated carbocycles. The largest absolute Gasteiger partial charge is 0.447 e. The fourth-order valence-corrected chi connectivity index (χ4v) is 2.85. The van der Waals surface area contributed by atoms with Crippen LogP contribution in [-0.2, 0) is 11.3 Å². The molecule has 0 bridgehead atoms. The van der Waals surface area contributed by atoms with Gasteiger partial charge < -0.3 is 15.0 Å². The Balaban J connectivity index is 1.32. The molecule has 4 heterocycles. The molecule has 0 unspecified atom stereocenters. The van der Waals surface area contributed by atoms with Crippen LogP contribution in [0.3, 0.4) is 0 Å². The lowest BCUT2D eigenvalue weighted by Crippen LogP contribution is -2.55. The van der Waals surface area contributed by atoms with Gasteiger partial charge in [-0.15, -0.1) is 0 Å². The first-order valence-electron chi connectivity index (χ1n) is 7.84. The molecule has 25 heavy (non-hydrogen) atoms. The van der Waals surface area contributed by atoms with E-state index < -0.39 is 0 Å². The van der Waals surface area contributed by atoms with Crippen molar-refractivity contribution in [1.82, 2.24) is 40.3 Å². The van der Waals surface area contributed by atoms with Crippen LogP contribution in [0.1, 0.15) is 5.82 Å². The summed E-state index contributed by atoms with van der Waals surface area (Å²) in [6, 6.07) is -0.281. The molecule has 0 aromatic carbocycles. The predicted octanol–water partition coefficient (Wildman–Crippen LogP) is -0.392. The molecule has 2 aromatic heterocycles. The zero-order valence-corrected chi connectivity index (χ0v) is 13.3. The van der Waals surface area contributed by atoms with Gasteiger partial charge in [0.05, 0.1) is 18.8 Å². The van der Waals surface area contributed by atoms with Crippen molar-refractivity contribution in [3.8, 4) is 11.5 Å². The minimum Gasteiger partial charge on any atom is -0.447 e. The Kier molecular flexibility index (Phi) is 3.88. The van der Waals surface area contributed by atoms with Crippen LogP contribution >= 0.6 is 0 Å². The maximum Gasteiger partial charge on any atom is 0.410 e. The summed E-state index contributed by atoms with van der Waals surface area (Å²) >= 11 is 0. The number of H-pyrrole nitrogens is 1. The van der Waals surface area contributed by atoms with Crippen molar-refractivity contribution in [2.45, 2.75) is 12.6 Å². The smallest absolute Gasteiger partial charge is 0.410 e. The third-order valence-electron chi connectivity index (χ3n) is 4.13. The number of fused-ring (bicyclic) bond motifs is 1. The minimum absolute atomic E-state index is 0.0689. The normalized spacial score (nSPS) is 19.5. The number of rotatable bonds is 3. The molecule has 2 aromatic rings. The second-order valence-electron chi connectivity index (χ2n) is 5.73. The molecular formula is C14H16N8O3. The summed E-state index contributed by atoms with van der Waals surface area (Å²) in [5.41, 5.74) is 0.554. The molecule has 130 valence electrons. The summed E-state index contributed by atoms with van der Waals surface area (Å²) in [7, 11) is 0. The van der Waals surface area contributed by atoms with Crippen LogP contribution < -0.4 is 5.32 Å². The maximum absolute atomic E-state index is 12.3. The van der Waals surface area contributed by atoms with E-state index in [1.54, 1.807) is 28.4 Å². The van der Waals surface area contributed by atoms with E-state index in [0.29, 0.717) is 43.6 Å². The van der Waals surface area contributed by atoms with Crippen LogP contribution in [0.2, 0.25) is 0 Å². The SMILES string of the molecule is O=C(NCc1nc(-c2cnccn2)n[nH]1)N1CCN2C(=O)OC[C@@H]2C1. The van der Waals surface area contributed by atoms with E-state index in [9.17, 15) is 9.59 Å². The van der Waals surface area contributed by atoms with Crippen molar-refractivity contribution in [3.05, 3.63) is 24.4 Å². The molecule has 1 atom stereocenters. The lowest BCUT2D eigenvalue weighted by atomic mass is 10.2. The van der Waals surface area contributed by atoms with Gasteiger partial charge in [-0.2, -0.15) is 5.10 Å². The van der Waals surface area contributed by atoms with Crippen molar-refractivity contribution in [2.75, 3.05) is 26.2 Å². The van der Waals surface area contributed by atoms with Gasteiger partial charge in [-0.1, -0.05) is 0 Å². The Morgan fingerprint density at radius 2 is 2.32 bits per heavy atom. The Morgan fingerprint density at radius 3 is 3.16 bits per heavy atom. The lowest BCUT2D eigenvalue weighted by molar-refractivity contribution is 0.127. The average molecular weight is 344 g/mol. The second-order valence-corrected chi connectivity index (χ2v) is 5.73. The van der Waals surface area contributed by atoms with Crippen LogP contribution in [-0.4, -0.2) is 79.4 Å². The van der Waals surface area contributed by atoms with Crippen LogP contribution in [0.5, 0.6) is 0 Å². The van der Waals surface area contributed by atoms with E-state index in [2.05, 4.69) is 30.5 Å². The summed E-state index contributed by atoms with van der Waals surface area (Å²) in [4.78, 5) is 39.5. The quantitative estimate of drug-likeness (QED) is 0.775. The fourth-order valence-electron chi connectivity index (χ4n) is 2.85. The second kappa shape index (κ2) is 6.34. The van der Waals surface area contributed by atoms with E-state index in [1.807, 2.05) is 0 Å². The molecule has 2 aliphatic heterocycles. The van der Waals surface area contributed by atoms with Gasteiger partial charge in [0, 0.05) is 32.0 Å². The summed E-state index contributed by atoms with van der Waals surface area (Å²) in [6.45, 7) is 1.95. The first kappa shape index (κ1) is 15.3. The van der Waals surface area contributed by atoms with Gasteiger partial charge in [-0.3, -0.25) is 15.0 Å². The third kappa shape index (κ3) is 3.07. The van der Waals surface area contributed by atoms with Crippen LogP contribution in [0.25, 0.3) is 11.5 Å². The number of carbonyl (C=O) groups is 2. The standard InChI is InChI=1S/C14H16N8O3/c23-13(21-3-4-22-9(7-21)8-25-14(22)24)17-6-11-18-12(20-19-11)10-5-15-1-2-16-10/h1-2,5,9H,3-4,6-8H2,(H,17,23)(H,18,19,20)/t9-/m0/s1. The maximum atomic E-state index is 12.3. The molecule has 0 radical (unpaired) electrons. The number of urea groups is 1. The van der Waals surface area contributed by atoms with Gasteiger partial charge in [0.25, 0.3) is 0 Å². The summed E-state index contributed by atoms with van der Waals surface area (Å²) < 4.78 is 5.00. The minimum atomic E-state index is -0.303. The number of carbonyl (C=O) groups excluding carboxylic acids is 2. The monoisotopic (exact) mass is 344 g/mol. The molecule has 2 fully saturated rings. The Bertz CT molecular complexity index is 779. The number of aromatic amines is 1. The van der Waals surface area contributed by atoms with E-state index in [-0.39, 0.29) is 24.7 Å². The summed E-state index contributed by atoms with van der Waals surface area (Å²) in [6.07, 6.45) is 4.39. The molecule has 3 amide bonds. The predicted molar refractivity (Wildman–Crippen MR) is 83.1 cm³/mol. The average Bonchev–Trinajstić information content (AvgIpc) is 3.27. The molecule has 2 saturated heterocycles. The molecule has 4 rings (SSSR count). The van der Waals surface area contributed by atoms with Crippen LogP contribution in [0.4, 0.5) is 9.59 Å². The summed E-state index contributed by atoms with van der Waals surface area (Å²) in [5, 5.41) is 9.63. The zero-order valence-electron chi connectivity index (χ0n) is 13.3. The molecule has 0 aliphatic carbocycles. The number of cyclic esters (lactones) is 1. The van der Waals surface area contributed by atoms with Gasteiger partial charge in [0.2, 0.25) is 5.82 Å². The number of piperazine rings is 1. The van der Waals surface area contributed by atoms with Gasteiger partial charge in [0.15, 0.2) is 0 Å². The van der Waals surface area contributed by atoms with Crippen molar-refractivity contribution in [2.24, 2.45) is 0 Å². The van der Waals surface area contributed by atoms with E-state index in [4.69, 9.17) is 4.74 Å². The Hall–Kier alpha value is -3.24. The number of hydrogen-bond donors (Lipinski definition) is 2. The van der Waals surface area contributed by atoms with Crippen molar-refractivity contribution in [1.29, 1.82) is 0 Å². The first-order valence-corrected chi connectivity index (χ1v) is 7.84. The van der Waals surface area contributed by atoms with Crippen molar-refractivity contribution < 1.29 is 14.3 Å². The van der Waals surface area contributed by atoms with Gasteiger partial charge in [-0.25, -0.2) is 19.6 Å². The van der Waals surface area contributed by atoms with E-state index in [0.717, 1.165) is 0 Å². The Morgan fingerprint density at radius 1 is 1.40 bits per heavy atom. The number of ether oxygens (including phenoxy) is 1. The number of aromatic nitrogens is 5. The lowest BCUT2D eigenvalue weighted by Gasteiger charge is -2.35. The summed E-state index contributed by atoms with van der Waals surface area (Å²) in [5.74, 6) is 0.944. The molecule has 2 aliphatic rings. The zero-order chi connectivity index (χ0) is 17.2. The topological polar surface area (TPSA) is 129 Å². The van der Waals surface area contributed by atoms with Gasteiger partial charge in [-0.05, 0) is 0 Å². The van der Waals surface area contributed by atoms with Crippen LogP contribution in [0, 0.1) is 0 Å². The number of hydrogen-bond acceptors (Lipinski definition) is 7.